The molecule has 29 heavy (non-hydrogen) atoms. The lowest BCUT2D eigenvalue weighted by Crippen LogP contribution is -2.39. The molecule has 0 radical (unpaired) electrons. The Hall–Kier alpha value is -2.21. The van der Waals surface area contributed by atoms with E-state index in [1.165, 1.54) is 26.4 Å². The predicted molar refractivity (Wildman–Crippen MR) is 110 cm³/mol. The summed E-state index contributed by atoms with van der Waals surface area (Å²) in [5.74, 6) is -0.295. The van der Waals surface area contributed by atoms with Crippen molar-refractivity contribution in [1.29, 1.82) is 0 Å². The van der Waals surface area contributed by atoms with Crippen molar-refractivity contribution in [3.63, 3.8) is 0 Å². The molecule has 5 nitrogen and oxygen atoms in total. The molecular formula is C24H29NO4. The van der Waals surface area contributed by atoms with Gasteiger partial charge in [-0.25, -0.2) is 0 Å². The van der Waals surface area contributed by atoms with Gasteiger partial charge in [0.05, 0.1) is 19.3 Å². The molecule has 2 aromatic rings. The average Bonchev–Trinajstić information content (AvgIpc) is 3.19. The summed E-state index contributed by atoms with van der Waals surface area (Å²) in [5.41, 5.74) is 2.12. The Labute approximate surface area is 172 Å². The lowest BCUT2D eigenvalue weighted by atomic mass is 9.97. The number of rotatable bonds is 6. The van der Waals surface area contributed by atoms with Crippen LogP contribution in [0.4, 0.5) is 0 Å². The summed E-state index contributed by atoms with van der Waals surface area (Å²) in [6, 6.07) is 19.5. The number of hydroxylamine groups is 2. The van der Waals surface area contributed by atoms with Gasteiger partial charge in [0, 0.05) is 6.42 Å². The molecule has 0 spiro atoms. The van der Waals surface area contributed by atoms with Crippen LogP contribution in [0.3, 0.4) is 0 Å². The molecule has 1 aliphatic heterocycles. The molecule has 0 unspecified atom stereocenters. The van der Waals surface area contributed by atoms with Crippen LogP contribution < -0.4 is 0 Å². The summed E-state index contributed by atoms with van der Waals surface area (Å²) in [6.45, 7) is 0. The Morgan fingerprint density at radius 3 is 2.10 bits per heavy atom. The number of carbonyl (C=O) groups excluding carboxylic acids is 1. The van der Waals surface area contributed by atoms with Gasteiger partial charge in [0.25, 0.3) is 0 Å². The van der Waals surface area contributed by atoms with E-state index in [0.29, 0.717) is 6.42 Å². The van der Waals surface area contributed by atoms with E-state index in [1.807, 2.05) is 36.4 Å². The first-order valence-corrected chi connectivity index (χ1v) is 10.5. The Morgan fingerprint density at radius 2 is 1.55 bits per heavy atom. The zero-order chi connectivity index (χ0) is 20.1. The van der Waals surface area contributed by atoms with Gasteiger partial charge < -0.3 is 9.47 Å². The van der Waals surface area contributed by atoms with E-state index in [-0.39, 0.29) is 18.1 Å². The molecular weight excluding hydrogens is 366 g/mol. The van der Waals surface area contributed by atoms with Gasteiger partial charge in [-0.15, -0.1) is 0 Å². The van der Waals surface area contributed by atoms with Crippen LogP contribution in [-0.4, -0.2) is 36.6 Å². The Balaban J connectivity index is 1.62. The molecule has 2 aromatic carbocycles. The molecule has 1 aliphatic carbocycles. The van der Waals surface area contributed by atoms with Crippen molar-refractivity contribution >= 4 is 5.97 Å². The number of methoxy groups -OCH3 is 1. The molecule has 0 N–H and O–H groups in total. The highest BCUT2D eigenvalue weighted by molar-refractivity contribution is 5.76. The first-order chi connectivity index (χ1) is 14.3. The van der Waals surface area contributed by atoms with Crippen molar-refractivity contribution in [1.82, 2.24) is 5.06 Å². The fourth-order valence-electron chi connectivity index (χ4n) is 4.37. The third kappa shape index (κ3) is 4.69. The first-order valence-electron chi connectivity index (χ1n) is 10.5. The van der Waals surface area contributed by atoms with E-state index < -0.39 is 12.3 Å². The number of ether oxygens (including phenoxy) is 2. The molecule has 4 rings (SSSR count). The lowest BCUT2D eigenvalue weighted by Gasteiger charge is -2.31. The molecule has 154 valence electrons. The summed E-state index contributed by atoms with van der Waals surface area (Å²) in [5, 5.41) is 1.78. The van der Waals surface area contributed by atoms with Crippen molar-refractivity contribution in [2.75, 3.05) is 7.11 Å². The molecule has 1 saturated carbocycles. The summed E-state index contributed by atoms with van der Waals surface area (Å²) in [4.78, 5) is 18.9. The number of hydrogen-bond donors (Lipinski definition) is 0. The second-order valence-corrected chi connectivity index (χ2v) is 7.79. The van der Waals surface area contributed by atoms with Crippen LogP contribution in [0.2, 0.25) is 0 Å². The zero-order valence-corrected chi connectivity index (χ0v) is 16.9. The fourth-order valence-corrected chi connectivity index (χ4v) is 4.37. The minimum Gasteiger partial charge on any atom is -0.468 e. The van der Waals surface area contributed by atoms with Crippen molar-refractivity contribution < 1.29 is 19.1 Å². The number of benzene rings is 2. The standard InChI is InChI=1S/C24H29NO4/c1-27-24(26)21-17-22(28-20-15-9-4-10-16-20)29-25(21)23(18-11-5-2-6-12-18)19-13-7-3-8-14-19/h2-3,5-8,11-14,20-23H,4,9-10,15-17H2,1H3/t21-,22-/m0/s1. The summed E-state index contributed by atoms with van der Waals surface area (Å²) < 4.78 is 11.4. The fraction of sp³-hybridized carbons (Fsp3) is 0.458. The van der Waals surface area contributed by atoms with Gasteiger partial charge in [-0.3, -0.25) is 9.63 Å². The van der Waals surface area contributed by atoms with Crippen molar-refractivity contribution in [3.05, 3.63) is 71.8 Å². The molecule has 0 aromatic heterocycles. The number of hydrogen-bond acceptors (Lipinski definition) is 5. The molecule has 2 aliphatic rings. The largest absolute Gasteiger partial charge is 0.468 e. The number of esters is 1. The minimum atomic E-state index is -0.515. The van der Waals surface area contributed by atoms with Crippen molar-refractivity contribution in [2.24, 2.45) is 0 Å². The van der Waals surface area contributed by atoms with E-state index in [9.17, 15) is 4.79 Å². The minimum absolute atomic E-state index is 0.207. The molecule has 0 amide bonds. The molecule has 1 saturated heterocycles. The Kier molecular flexibility index (Phi) is 6.60. The van der Waals surface area contributed by atoms with Gasteiger partial charge in [-0.1, -0.05) is 79.9 Å². The van der Waals surface area contributed by atoms with Crippen LogP contribution in [-0.2, 0) is 19.1 Å². The van der Waals surface area contributed by atoms with E-state index >= 15 is 0 Å². The van der Waals surface area contributed by atoms with Gasteiger partial charge in [0.2, 0.25) is 0 Å². The van der Waals surface area contributed by atoms with Crippen LogP contribution in [0.25, 0.3) is 0 Å². The predicted octanol–water partition coefficient (Wildman–Crippen LogP) is 4.63. The van der Waals surface area contributed by atoms with Crippen LogP contribution in [0, 0.1) is 0 Å². The van der Waals surface area contributed by atoms with Crippen LogP contribution in [0.1, 0.15) is 55.7 Å². The summed E-state index contributed by atoms with van der Waals surface area (Å²) in [6.07, 6.45) is 6.02. The van der Waals surface area contributed by atoms with Crippen LogP contribution in [0.15, 0.2) is 60.7 Å². The second kappa shape index (κ2) is 9.53. The number of carbonyl (C=O) groups is 1. The lowest BCUT2D eigenvalue weighted by molar-refractivity contribution is -0.266. The first kappa shape index (κ1) is 20.1. The highest BCUT2D eigenvalue weighted by Crippen LogP contribution is 2.38. The highest BCUT2D eigenvalue weighted by atomic mass is 16.8. The number of nitrogens with zero attached hydrogens (tertiary/aromatic N) is 1. The maximum absolute atomic E-state index is 12.6. The van der Waals surface area contributed by atoms with Gasteiger partial charge in [-0.2, -0.15) is 5.06 Å². The third-order valence-corrected chi connectivity index (χ3v) is 5.82. The van der Waals surface area contributed by atoms with Gasteiger partial charge in [-0.05, 0) is 24.0 Å². The van der Waals surface area contributed by atoms with Gasteiger partial charge in [0.15, 0.2) is 6.29 Å². The van der Waals surface area contributed by atoms with E-state index in [0.717, 1.165) is 24.0 Å². The maximum Gasteiger partial charge on any atom is 0.325 e. The summed E-state index contributed by atoms with van der Waals surface area (Å²) >= 11 is 0. The van der Waals surface area contributed by atoms with E-state index in [1.54, 1.807) is 5.06 Å². The van der Waals surface area contributed by atoms with E-state index in [4.69, 9.17) is 14.3 Å². The Morgan fingerprint density at radius 1 is 0.966 bits per heavy atom. The second-order valence-electron chi connectivity index (χ2n) is 7.79. The van der Waals surface area contributed by atoms with Gasteiger partial charge in [0.1, 0.15) is 6.04 Å². The topological polar surface area (TPSA) is 48.0 Å². The van der Waals surface area contributed by atoms with Gasteiger partial charge >= 0.3 is 5.97 Å². The zero-order valence-electron chi connectivity index (χ0n) is 16.9. The molecule has 0 bridgehead atoms. The smallest absolute Gasteiger partial charge is 0.325 e. The highest BCUT2D eigenvalue weighted by Gasteiger charge is 2.45. The maximum atomic E-state index is 12.6. The monoisotopic (exact) mass is 395 g/mol. The van der Waals surface area contributed by atoms with Crippen molar-refractivity contribution in [2.45, 2.75) is 63.0 Å². The molecule has 1 heterocycles. The van der Waals surface area contributed by atoms with E-state index in [2.05, 4.69) is 24.3 Å². The van der Waals surface area contributed by atoms with Crippen LogP contribution >= 0.6 is 0 Å². The Bertz CT molecular complexity index is 736. The SMILES string of the molecule is COC(=O)[C@@H]1C[C@@H](OC2CCCCC2)ON1C(c1ccccc1)c1ccccc1. The molecule has 2 fully saturated rings. The normalized spacial score (nSPS) is 23.4. The quantitative estimate of drug-likeness (QED) is 0.668. The van der Waals surface area contributed by atoms with Crippen molar-refractivity contribution in [3.8, 4) is 0 Å². The molecule has 5 heteroatoms. The molecule has 2 atom stereocenters. The van der Waals surface area contributed by atoms with Crippen LogP contribution in [0.5, 0.6) is 0 Å². The summed E-state index contributed by atoms with van der Waals surface area (Å²) in [7, 11) is 1.43. The average molecular weight is 395 g/mol. The third-order valence-electron chi connectivity index (χ3n) is 5.82.